The zero-order chi connectivity index (χ0) is 21.4. The summed E-state index contributed by atoms with van der Waals surface area (Å²) in [5.74, 6) is -0.0474. The molecule has 1 aliphatic rings. The van der Waals surface area contributed by atoms with Crippen LogP contribution in [-0.4, -0.2) is 16.4 Å². The molecule has 158 valence electrons. The van der Waals surface area contributed by atoms with Crippen molar-refractivity contribution in [1.29, 1.82) is 0 Å². The van der Waals surface area contributed by atoms with Crippen molar-refractivity contribution in [2.75, 3.05) is 5.32 Å². The lowest BCUT2D eigenvalue weighted by Gasteiger charge is -2.18. The van der Waals surface area contributed by atoms with Crippen LogP contribution in [0.2, 0.25) is 0 Å². The van der Waals surface area contributed by atoms with Crippen molar-refractivity contribution in [3.05, 3.63) is 51.5 Å². The fourth-order valence-electron chi connectivity index (χ4n) is 4.58. The highest BCUT2D eigenvalue weighted by Crippen LogP contribution is 2.40. The average molecular weight is 424 g/mol. The lowest BCUT2D eigenvalue weighted by Crippen LogP contribution is -2.21. The Balaban J connectivity index is 1.76. The van der Waals surface area contributed by atoms with E-state index in [4.69, 9.17) is 5.73 Å². The molecule has 1 unspecified atom stereocenters. The van der Waals surface area contributed by atoms with Crippen LogP contribution in [0, 0.1) is 12.8 Å². The van der Waals surface area contributed by atoms with Crippen molar-refractivity contribution < 1.29 is 9.59 Å². The number of nitrogens with zero attached hydrogens (tertiary/aromatic N) is 1. The number of hydrogen-bond donors (Lipinski definition) is 2. The molecule has 2 aromatic heterocycles. The molecule has 0 aliphatic heterocycles. The summed E-state index contributed by atoms with van der Waals surface area (Å²) in [7, 11) is 0. The van der Waals surface area contributed by atoms with E-state index in [0.29, 0.717) is 22.2 Å². The van der Waals surface area contributed by atoms with Crippen LogP contribution in [0.1, 0.15) is 70.0 Å². The predicted octanol–water partition coefficient (Wildman–Crippen LogP) is 5.29. The molecule has 6 heteroatoms. The Bertz CT molecular complexity index is 1130. The van der Waals surface area contributed by atoms with Crippen molar-refractivity contribution in [1.82, 2.24) is 4.57 Å². The third kappa shape index (κ3) is 3.54. The molecule has 3 aromatic rings. The summed E-state index contributed by atoms with van der Waals surface area (Å²) < 4.78 is 2.11. The third-order valence-corrected chi connectivity index (χ3v) is 7.33. The highest BCUT2D eigenvalue weighted by molar-refractivity contribution is 7.17. The maximum atomic E-state index is 13.5. The standard InChI is InChI=1S/C24H29N3O2S/c1-4-5-12-27-18-9-7-6-8-16(18)15(3)21(27)23(29)26-24-20(22(25)28)17-11-10-14(2)13-19(17)30-24/h6-9,14H,4-5,10-13H2,1-3H3,(H2,25,28)(H,26,29). The fraction of sp³-hybridized carbons (Fsp3) is 0.417. The molecule has 3 N–H and O–H groups in total. The minimum absolute atomic E-state index is 0.172. The van der Waals surface area contributed by atoms with Crippen LogP contribution in [0.5, 0.6) is 0 Å². The highest BCUT2D eigenvalue weighted by Gasteiger charge is 2.28. The Kier molecular flexibility index (Phi) is 5.69. The molecule has 5 nitrogen and oxygen atoms in total. The Morgan fingerprint density at radius 1 is 1.30 bits per heavy atom. The van der Waals surface area contributed by atoms with Gasteiger partial charge in [0.05, 0.1) is 5.56 Å². The molecular formula is C24H29N3O2S. The van der Waals surface area contributed by atoms with Crippen molar-refractivity contribution in [3.63, 3.8) is 0 Å². The number of para-hydroxylation sites is 1. The summed E-state index contributed by atoms with van der Waals surface area (Å²) in [5.41, 5.74) is 9.97. The molecule has 1 aliphatic carbocycles. The molecule has 2 heterocycles. The zero-order valence-corrected chi connectivity index (χ0v) is 18.7. The first kappa shape index (κ1) is 20.7. The molecule has 0 saturated carbocycles. The third-order valence-electron chi connectivity index (χ3n) is 6.16. The summed E-state index contributed by atoms with van der Waals surface area (Å²) in [5, 5.41) is 4.74. The van der Waals surface area contributed by atoms with E-state index in [1.165, 1.54) is 16.2 Å². The topological polar surface area (TPSA) is 77.1 Å². The average Bonchev–Trinajstić information content (AvgIpc) is 3.20. The number of thiophene rings is 1. The van der Waals surface area contributed by atoms with E-state index in [2.05, 4.69) is 35.9 Å². The van der Waals surface area contributed by atoms with E-state index in [0.717, 1.165) is 60.7 Å². The number of amides is 2. The van der Waals surface area contributed by atoms with Crippen molar-refractivity contribution in [2.45, 2.75) is 59.4 Å². The minimum atomic E-state index is -0.458. The quantitative estimate of drug-likeness (QED) is 0.565. The van der Waals surface area contributed by atoms with E-state index < -0.39 is 5.91 Å². The maximum Gasteiger partial charge on any atom is 0.273 e. The minimum Gasteiger partial charge on any atom is -0.365 e. The second kappa shape index (κ2) is 8.26. The van der Waals surface area contributed by atoms with Crippen molar-refractivity contribution >= 4 is 39.1 Å². The van der Waals surface area contributed by atoms with Gasteiger partial charge >= 0.3 is 0 Å². The fourth-order valence-corrected chi connectivity index (χ4v) is 5.99. The Hall–Kier alpha value is -2.60. The number of aromatic nitrogens is 1. The summed E-state index contributed by atoms with van der Waals surface area (Å²) >= 11 is 1.51. The number of primary amides is 1. The summed E-state index contributed by atoms with van der Waals surface area (Å²) in [6, 6.07) is 8.13. The number of nitrogens with one attached hydrogen (secondary N) is 1. The van der Waals surface area contributed by atoms with Gasteiger partial charge in [-0.1, -0.05) is 38.5 Å². The summed E-state index contributed by atoms with van der Waals surface area (Å²) in [4.78, 5) is 26.9. The highest BCUT2D eigenvalue weighted by atomic mass is 32.1. The molecule has 30 heavy (non-hydrogen) atoms. The van der Waals surface area contributed by atoms with Gasteiger partial charge in [-0.05, 0) is 55.7 Å². The first-order valence-electron chi connectivity index (χ1n) is 10.8. The van der Waals surface area contributed by atoms with Crippen molar-refractivity contribution in [3.8, 4) is 0 Å². The molecule has 0 spiro atoms. The first-order chi connectivity index (χ1) is 14.4. The van der Waals surface area contributed by atoms with Gasteiger partial charge in [0.25, 0.3) is 11.8 Å². The molecule has 0 fully saturated rings. The number of benzene rings is 1. The van der Waals surface area contributed by atoms with Crippen LogP contribution in [0.25, 0.3) is 10.9 Å². The number of unbranched alkanes of at least 4 members (excludes halogenated alkanes) is 1. The molecule has 0 saturated heterocycles. The second-order valence-corrected chi connectivity index (χ2v) is 9.48. The van der Waals surface area contributed by atoms with Gasteiger partial charge < -0.3 is 15.6 Å². The number of nitrogens with two attached hydrogens (primary N) is 1. The molecule has 0 bridgehead atoms. The van der Waals surface area contributed by atoms with Gasteiger partial charge in [-0.3, -0.25) is 9.59 Å². The van der Waals surface area contributed by atoms with E-state index in [9.17, 15) is 9.59 Å². The Labute approximate surface area is 181 Å². The van der Waals surface area contributed by atoms with Gasteiger partial charge in [-0.15, -0.1) is 11.3 Å². The number of rotatable bonds is 6. The van der Waals surface area contributed by atoms with E-state index in [1.807, 2.05) is 19.1 Å². The number of aryl methyl sites for hydroxylation is 2. The number of anilines is 1. The molecule has 0 radical (unpaired) electrons. The van der Waals surface area contributed by atoms with E-state index in [1.54, 1.807) is 0 Å². The second-order valence-electron chi connectivity index (χ2n) is 8.37. The molecular weight excluding hydrogens is 394 g/mol. The summed E-state index contributed by atoms with van der Waals surface area (Å²) in [6.45, 7) is 7.15. The lowest BCUT2D eigenvalue weighted by atomic mass is 9.88. The monoisotopic (exact) mass is 423 g/mol. The predicted molar refractivity (Wildman–Crippen MR) is 124 cm³/mol. The lowest BCUT2D eigenvalue weighted by molar-refractivity contribution is 0.1000. The Morgan fingerprint density at radius 2 is 2.07 bits per heavy atom. The number of carbonyl (C=O) groups is 2. The largest absolute Gasteiger partial charge is 0.365 e. The van der Waals surface area contributed by atoms with Crippen LogP contribution >= 0.6 is 11.3 Å². The van der Waals surface area contributed by atoms with Gasteiger partial charge in [0, 0.05) is 22.3 Å². The SMILES string of the molecule is CCCCn1c(C(=O)Nc2sc3c(c2C(N)=O)CCC(C)C3)c(C)c2ccccc21. The van der Waals surface area contributed by atoms with Gasteiger partial charge in [-0.2, -0.15) is 0 Å². The van der Waals surface area contributed by atoms with Crippen LogP contribution in [0.3, 0.4) is 0 Å². The van der Waals surface area contributed by atoms with Gasteiger partial charge in [0.1, 0.15) is 10.7 Å². The van der Waals surface area contributed by atoms with Crippen LogP contribution in [-0.2, 0) is 19.4 Å². The normalized spacial score (nSPS) is 15.9. The van der Waals surface area contributed by atoms with Gasteiger partial charge in [-0.25, -0.2) is 0 Å². The summed E-state index contributed by atoms with van der Waals surface area (Å²) in [6.07, 6.45) is 4.87. The van der Waals surface area contributed by atoms with Gasteiger partial charge in [0.15, 0.2) is 0 Å². The number of carbonyl (C=O) groups excluding carboxylic acids is 2. The molecule has 2 amide bonds. The first-order valence-corrected chi connectivity index (χ1v) is 11.6. The van der Waals surface area contributed by atoms with Crippen LogP contribution in [0.4, 0.5) is 5.00 Å². The maximum absolute atomic E-state index is 13.5. The van der Waals surface area contributed by atoms with Crippen LogP contribution in [0.15, 0.2) is 24.3 Å². The smallest absolute Gasteiger partial charge is 0.273 e. The number of hydrogen-bond acceptors (Lipinski definition) is 3. The van der Waals surface area contributed by atoms with E-state index in [-0.39, 0.29) is 5.91 Å². The molecule has 1 aromatic carbocycles. The van der Waals surface area contributed by atoms with Crippen molar-refractivity contribution in [2.24, 2.45) is 11.7 Å². The molecule has 4 rings (SSSR count). The zero-order valence-electron chi connectivity index (χ0n) is 17.9. The number of fused-ring (bicyclic) bond motifs is 2. The van der Waals surface area contributed by atoms with Crippen LogP contribution < -0.4 is 11.1 Å². The van der Waals surface area contributed by atoms with E-state index >= 15 is 0 Å². The van der Waals surface area contributed by atoms with Gasteiger partial charge in [0.2, 0.25) is 0 Å². The molecule has 1 atom stereocenters. The Morgan fingerprint density at radius 3 is 2.80 bits per heavy atom.